The summed E-state index contributed by atoms with van der Waals surface area (Å²) in [6, 6.07) is 0.547. The van der Waals surface area contributed by atoms with Gasteiger partial charge in [-0.15, -0.1) is 0 Å². The lowest BCUT2D eigenvalue weighted by Gasteiger charge is -2.31. The molecule has 1 fully saturated rings. The van der Waals surface area contributed by atoms with Crippen LogP contribution in [0.25, 0.3) is 0 Å². The molecule has 0 saturated carbocycles. The Morgan fingerprint density at radius 1 is 1.35 bits per heavy atom. The van der Waals surface area contributed by atoms with Crippen molar-refractivity contribution in [2.75, 3.05) is 45.9 Å². The number of morpholine rings is 1. The second kappa shape index (κ2) is 7.97. The Balaban J connectivity index is 2.25. The normalized spacial score (nSPS) is 17.9. The highest BCUT2D eigenvalue weighted by atomic mass is 32.1. The van der Waals surface area contributed by atoms with Crippen molar-refractivity contribution in [1.82, 2.24) is 9.80 Å². The van der Waals surface area contributed by atoms with E-state index in [1.165, 1.54) is 0 Å². The van der Waals surface area contributed by atoms with Crippen LogP contribution in [0.3, 0.4) is 0 Å². The summed E-state index contributed by atoms with van der Waals surface area (Å²) >= 11 is 4.93. The van der Waals surface area contributed by atoms with Crippen LogP contribution in [0.5, 0.6) is 0 Å². The summed E-state index contributed by atoms with van der Waals surface area (Å²) in [6.07, 6.45) is 0.816. The van der Waals surface area contributed by atoms with E-state index in [1.807, 2.05) is 0 Å². The molecule has 0 radical (unpaired) electrons. The average molecular weight is 259 g/mol. The number of ether oxygens (including phenoxy) is 1. The van der Waals surface area contributed by atoms with Crippen LogP contribution in [0, 0.1) is 0 Å². The highest BCUT2D eigenvalue weighted by molar-refractivity contribution is 7.80. The van der Waals surface area contributed by atoms with Crippen LogP contribution in [0.1, 0.15) is 20.3 Å². The third kappa shape index (κ3) is 6.31. The fourth-order valence-electron chi connectivity index (χ4n) is 1.98. The second-order valence-electron chi connectivity index (χ2n) is 4.80. The average Bonchev–Trinajstić information content (AvgIpc) is 2.29. The summed E-state index contributed by atoms with van der Waals surface area (Å²) in [6.45, 7) is 11.5. The lowest BCUT2D eigenvalue weighted by atomic mass is 10.2. The summed E-state index contributed by atoms with van der Waals surface area (Å²) in [5, 5.41) is 0. The van der Waals surface area contributed by atoms with E-state index in [-0.39, 0.29) is 0 Å². The molecule has 0 aromatic carbocycles. The second-order valence-corrected chi connectivity index (χ2v) is 5.32. The maximum absolute atomic E-state index is 5.56. The zero-order chi connectivity index (χ0) is 12.7. The molecule has 1 rings (SSSR count). The summed E-state index contributed by atoms with van der Waals surface area (Å²) in [5.74, 6) is 0. The van der Waals surface area contributed by atoms with E-state index < -0.39 is 0 Å². The van der Waals surface area contributed by atoms with Gasteiger partial charge in [-0.1, -0.05) is 12.2 Å². The maximum atomic E-state index is 5.56. The zero-order valence-corrected chi connectivity index (χ0v) is 11.8. The molecule has 2 N–H and O–H groups in total. The van der Waals surface area contributed by atoms with Gasteiger partial charge >= 0.3 is 0 Å². The number of nitrogens with two attached hydrogens (primary N) is 1. The van der Waals surface area contributed by atoms with Crippen molar-refractivity contribution >= 4 is 17.2 Å². The van der Waals surface area contributed by atoms with Gasteiger partial charge in [0.2, 0.25) is 0 Å². The van der Waals surface area contributed by atoms with Crippen LogP contribution in [0.4, 0.5) is 0 Å². The van der Waals surface area contributed by atoms with Crippen molar-refractivity contribution in [2.24, 2.45) is 5.73 Å². The third-order valence-electron chi connectivity index (χ3n) is 3.18. The van der Waals surface area contributed by atoms with Crippen molar-refractivity contribution in [3.8, 4) is 0 Å². The van der Waals surface area contributed by atoms with Gasteiger partial charge < -0.3 is 10.5 Å². The molecule has 1 saturated heterocycles. The Morgan fingerprint density at radius 2 is 2.00 bits per heavy atom. The van der Waals surface area contributed by atoms with Gasteiger partial charge in [0, 0.05) is 45.2 Å². The van der Waals surface area contributed by atoms with Crippen LogP contribution >= 0.6 is 12.2 Å². The zero-order valence-electron chi connectivity index (χ0n) is 11.0. The molecular weight excluding hydrogens is 234 g/mol. The van der Waals surface area contributed by atoms with Crippen molar-refractivity contribution in [3.05, 3.63) is 0 Å². The number of nitrogens with zero attached hydrogens (tertiary/aromatic N) is 2. The van der Waals surface area contributed by atoms with Gasteiger partial charge in [-0.3, -0.25) is 9.80 Å². The lowest BCUT2D eigenvalue weighted by molar-refractivity contribution is 0.0319. The first-order chi connectivity index (χ1) is 8.09. The molecule has 0 unspecified atom stereocenters. The molecule has 0 aromatic rings. The van der Waals surface area contributed by atoms with Gasteiger partial charge in [0.15, 0.2) is 0 Å². The predicted octanol–water partition coefficient (Wildman–Crippen LogP) is 0.705. The maximum Gasteiger partial charge on any atom is 0.0740 e. The molecule has 17 heavy (non-hydrogen) atoms. The summed E-state index contributed by atoms with van der Waals surface area (Å²) in [4.78, 5) is 5.51. The van der Waals surface area contributed by atoms with Gasteiger partial charge in [-0.2, -0.15) is 0 Å². The number of thiocarbonyl (C=S) groups is 1. The minimum Gasteiger partial charge on any atom is -0.393 e. The highest BCUT2D eigenvalue weighted by Gasteiger charge is 2.14. The number of hydrogen-bond acceptors (Lipinski definition) is 4. The molecule has 5 heteroatoms. The molecule has 0 atom stereocenters. The van der Waals surface area contributed by atoms with Crippen LogP contribution in [0.15, 0.2) is 0 Å². The van der Waals surface area contributed by atoms with E-state index in [0.29, 0.717) is 11.0 Å². The molecule has 0 spiro atoms. The monoisotopic (exact) mass is 259 g/mol. The molecule has 4 nitrogen and oxygen atoms in total. The smallest absolute Gasteiger partial charge is 0.0740 e. The van der Waals surface area contributed by atoms with E-state index in [0.717, 1.165) is 52.4 Å². The van der Waals surface area contributed by atoms with Gasteiger partial charge in [-0.05, 0) is 13.8 Å². The Kier molecular flexibility index (Phi) is 6.96. The Bertz CT molecular complexity index is 230. The third-order valence-corrected chi connectivity index (χ3v) is 3.39. The minimum absolute atomic E-state index is 0.547. The van der Waals surface area contributed by atoms with Crippen molar-refractivity contribution in [3.63, 3.8) is 0 Å². The van der Waals surface area contributed by atoms with E-state index in [4.69, 9.17) is 22.7 Å². The van der Waals surface area contributed by atoms with E-state index in [9.17, 15) is 0 Å². The van der Waals surface area contributed by atoms with Crippen molar-refractivity contribution < 1.29 is 4.74 Å². The van der Waals surface area contributed by atoms with Crippen LogP contribution in [-0.2, 0) is 4.74 Å². The van der Waals surface area contributed by atoms with Crippen LogP contribution in [0.2, 0.25) is 0 Å². The Hall–Kier alpha value is -0.230. The molecule has 0 aliphatic carbocycles. The highest BCUT2D eigenvalue weighted by Crippen LogP contribution is 2.02. The molecule has 100 valence electrons. The minimum atomic E-state index is 0.547. The molecule has 0 bridgehead atoms. The summed E-state index contributed by atoms with van der Waals surface area (Å²) < 4.78 is 5.34. The fraction of sp³-hybridized carbons (Fsp3) is 0.917. The number of hydrogen-bond donors (Lipinski definition) is 1. The Labute approximate surface area is 110 Å². The molecule has 1 heterocycles. The van der Waals surface area contributed by atoms with Gasteiger partial charge in [0.25, 0.3) is 0 Å². The van der Waals surface area contributed by atoms with E-state index >= 15 is 0 Å². The van der Waals surface area contributed by atoms with Gasteiger partial charge in [0.1, 0.15) is 0 Å². The first-order valence-corrected chi connectivity index (χ1v) is 6.83. The van der Waals surface area contributed by atoms with Gasteiger partial charge in [0.05, 0.1) is 18.2 Å². The predicted molar refractivity (Wildman–Crippen MR) is 75.4 cm³/mol. The van der Waals surface area contributed by atoms with Crippen molar-refractivity contribution in [2.45, 2.75) is 26.3 Å². The lowest BCUT2D eigenvalue weighted by Crippen LogP contribution is -2.43. The molecule has 0 amide bonds. The standard InChI is InChI=1S/C12H25N3OS/c1-11(2)15(4-3-12(13)17)6-5-14-7-9-16-10-8-14/h11H,3-10H2,1-2H3,(H2,13,17). The largest absolute Gasteiger partial charge is 0.393 e. The molecule has 1 aliphatic heterocycles. The summed E-state index contributed by atoms with van der Waals surface area (Å²) in [5.41, 5.74) is 5.56. The van der Waals surface area contributed by atoms with Crippen LogP contribution < -0.4 is 5.73 Å². The first kappa shape index (κ1) is 14.8. The van der Waals surface area contributed by atoms with Crippen LogP contribution in [-0.4, -0.2) is 66.8 Å². The van der Waals surface area contributed by atoms with E-state index in [2.05, 4.69) is 23.6 Å². The van der Waals surface area contributed by atoms with Crippen molar-refractivity contribution in [1.29, 1.82) is 0 Å². The van der Waals surface area contributed by atoms with Gasteiger partial charge in [-0.25, -0.2) is 0 Å². The fourth-order valence-corrected chi connectivity index (χ4v) is 2.07. The molecular formula is C12H25N3OS. The summed E-state index contributed by atoms with van der Waals surface area (Å²) in [7, 11) is 0. The molecule has 0 aromatic heterocycles. The quantitative estimate of drug-likeness (QED) is 0.682. The topological polar surface area (TPSA) is 41.7 Å². The SMILES string of the molecule is CC(C)N(CCC(N)=S)CCN1CCOCC1. The Morgan fingerprint density at radius 3 is 2.53 bits per heavy atom. The first-order valence-electron chi connectivity index (χ1n) is 6.42. The number of rotatable bonds is 7. The molecule has 1 aliphatic rings. The van der Waals surface area contributed by atoms with E-state index in [1.54, 1.807) is 0 Å².